The first-order chi connectivity index (χ1) is 11.6. The summed E-state index contributed by atoms with van der Waals surface area (Å²) in [5.41, 5.74) is 6.44. The molecule has 0 heterocycles. The van der Waals surface area contributed by atoms with E-state index < -0.39 is 12.0 Å². The molecule has 0 saturated carbocycles. The maximum atomic E-state index is 12.3. The van der Waals surface area contributed by atoms with Crippen molar-refractivity contribution in [2.24, 2.45) is 5.73 Å². The number of fused-ring (bicyclic) bond motifs is 1. The molecule has 1 amide bonds. The lowest BCUT2D eigenvalue weighted by Gasteiger charge is -2.29. The molecule has 2 rings (SSSR count). The van der Waals surface area contributed by atoms with Crippen LogP contribution in [0, 0.1) is 0 Å². The van der Waals surface area contributed by atoms with Crippen LogP contribution in [0.15, 0.2) is 42.5 Å². The molecule has 128 valence electrons. The van der Waals surface area contributed by atoms with Gasteiger partial charge < -0.3 is 15.7 Å². The highest BCUT2D eigenvalue weighted by atomic mass is 32.2. The van der Waals surface area contributed by atoms with Crippen molar-refractivity contribution in [2.75, 3.05) is 18.6 Å². The molecule has 0 aliphatic heterocycles. The Morgan fingerprint density at radius 3 is 2.58 bits per heavy atom. The number of nitrogens with two attached hydrogens (primary N) is 1. The molecule has 0 spiro atoms. The van der Waals surface area contributed by atoms with Gasteiger partial charge in [0.15, 0.2) is 0 Å². The number of benzene rings is 2. The van der Waals surface area contributed by atoms with E-state index in [2.05, 4.69) is 0 Å². The minimum Gasteiger partial charge on any atom is -0.480 e. The van der Waals surface area contributed by atoms with Crippen molar-refractivity contribution >= 4 is 34.4 Å². The predicted octanol–water partition coefficient (Wildman–Crippen LogP) is 2.33. The Hall–Kier alpha value is -2.05. The highest BCUT2D eigenvalue weighted by molar-refractivity contribution is 7.98. The fourth-order valence-electron chi connectivity index (χ4n) is 2.75. The number of carboxylic acids is 1. The van der Waals surface area contributed by atoms with E-state index in [0.717, 1.165) is 16.3 Å². The molecule has 5 nitrogen and oxygen atoms in total. The zero-order valence-electron chi connectivity index (χ0n) is 13.6. The number of amides is 1. The average Bonchev–Trinajstić information content (AvgIpc) is 2.60. The van der Waals surface area contributed by atoms with E-state index >= 15 is 0 Å². The number of aliphatic carboxylic acids is 1. The number of hydrogen-bond donors (Lipinski definition) is 2. The first-order valence-corrected chi connectivity index (χ1v) is 9.15. The van der Waals surface area contributed by atoms with Gasteiger partial charge >= 0.3 is 5.97 Å². The van der Waals surface area contributed by atoms with Gasteiger partial charge in [0, 0.05) is 6.54 Å². The molecule has 24 heavy (non-hydrogen) atoms. The van der Waals surface area contributed by atoms with Gasteiger partial charge in [0.05, 0.1) is 6.54 Å². The van der Waals surface area contributed by atoms with Gasteiger partial charge in [-0.05, 0) is 34.8 Å². The van der Waals surface area contributed by atoms with Crippen molar-refractivity contribution in [1.82, 2.24) is 4.90 Å². The lowest BCUT2D eigenvalue weighted by atomic mass is 10.0. The fourth-order valence-corrected chi connectivity index (χ4v) is 3.20. The lowest BCUT2D eigenvalue weighted by molar-refractivity contribution is -0.150. The third-order valence-electron chi connectivity index (χ3n) is 3.97. The number of carbonyl (C=O) groups excluding carboxylic acids is 1. The Morgan fingerprint density at radius 1 is 1.21 bits per heavy atom. The number of hydrogen-bond acceptors (Lipinski definition) is 4. The van der Waals surface area contributed by atoms with Crippen molar-refractivity contribution in [1.29, 1.82) is 0 Å². The Bertz CT molecular complexity index is 715. The molecule has 0 bridgehead atoms. The first-order valence-electron chi connectivity index (χ1n) is 7.76. The molecular formula is C18H22N2O3S. The summed E-state index contributed by atoms with van der Waals surface area (Å²) in [6.45, 7) is 0.0382. The van der Waals surface area contributed by atoms with Crippen LogP contribution in [0.25, 0.3) is 10.8 Å². The summed E-state index contributed by atoms with van der Waals surface area (Å²) in [6, 6.07) is 12.8. The van der Waals surface area contributed by atoms with E-state index in [1.165, 1.54) is 4.90 Å². The highest BCUT2D eigenvalue weighted by Crippen LogP contribution is 2.22. The number of carbonyl (C=O) groups is 2. The van der Waals surface area contributed by atoms with Crippen LogP contribution in [0.3, 0.4) is 0 Å². The molecule has 0 aromatic heterocycles. The van der Waals surface area contributed by atoms with Gasteiger partial charge in [-0.15, -0.1) is 0 Å². The molecule has 0 unspecified atom stereocenters. The van der Waals surface area contributed by atoms with Crippen LogP contribution in [0.1, 0.15) is 12.0 Å². The largest absolute Gasteiger partial charge is 0.480 e. The van der Waals surface area contributed by atoms with Gasteiger partial charge in [0.25, 0.3) is 0 Å². The SMILES string of the molecule is CSCC[C@@H](C(=O)O)N(Cc1cccc2ccccc12)C(=O)CN. The van der Waals surface area contributed by atoms with Crippen LogP contribution in [0.4, 0.5) is 0 Å². The molecule has 0 aliphatic rings. The lowest BCUT2D eigenvalue weighted by Crippen LogP contribution is -2.47. The molecule has 2 aromatic rings. The van der Waals surface area contributed by atoms with Crippen molar-refractivity contribution in [3.05, 3.63) is 48.0 Å². The highest BCUT2D eigenvalue weighted by Gasteiger charge is 2.29. The summed E-state index contributed by atoms with van der Waals surface area (Å²) in [5.74, 6) is -0.677. The van der Waals surface area contributed by atoms with Gasteiger partial charge in [0.2, 0.25) is 5.91 Å². The predicted molar refractivity (Wildman–Crippen MR) is 98.0 cm³/mol. The van der Waals surface area contributed by atoms with Crippen LogP contribution < -0.4 is 5.73 Å². The minimum absolute atomic E-state index is 0.201. The minimum atomic E-state index is -0.994. The van der Waals surface area contributed by atoms with E-state index in [-0.39, 0.29) is 19.0 Å². The van der Waals surface area contributed by atoms with E-state index in [0.29, 0.717) is 12.2 Å². The van der Waals surface area contributed by atoms with Gasteiger partial charge in [-0.25, -0.2) is 4.79 Å². The average molecular weight is 346 g/mol. The molecule has 0 fully saturated rings. The Labute approximate surface area is 145 Å². The van der Waals surface area contributed by atoms with E-state index in [4.69, 9.17) is 5.73 Å². The molecular weight excluding hydrogens is 324 g/mol. The molecule has 3 N–H and O–H groups in total. The molecule has 0 saturated heterocycles. The molecule has 1 atom stereocenters. The third-order valence-corrected chi connectivity index (χ3v) is 4.62. The van der Waals surface area contributed by atoms with Gasteiger partial charge in [-0.2, -0.15) is 11.8 Å². The summed E-state index contributed by atoms with van der Waals surface area (Å²) < 4.78 is 0. The summed E-state index contributed by atoms with van der Waals surface area (Å²) in [4.78, 5) is 25.4. The normalized spacial score (nSPS) is 12.1. The van der Waals surface area contributed by atoms with E-state index in [9.17, 15) is 14.7 Å². The van der Waals surface area contributed by atoms with Crippen molar-refractivity contribution in [2.45, 2.75) is 19.0 Å². The maximum absolute atomic E-state index is 12.3. The smallest absolute Gasteiger partial charge is 0.326 e. The standard InChI is InChI=1S/C18H22N2O3S/c1-24-10-9-16(18(22)23)20(17(21)11-19)12-14-7-4-6-13-5-2-3-8-15(13)14/h2-8,16H,9-12,19H2,1H3,(H,22,23)/t16-/m0/s1. The summed E-state index contributed by atoms with van der Waals surface area (Å²) in [7, 11) is 0. The number of thioether (sulfide) groups is 1. The van der Waals surface area contributed by atoms with Crippen LogP contribution in [-0.2, 0) is 16.1 Å². The summed E-state index contributed by atoms with van der Waals surface area (Å²) >= 11 is 1.56. The van der Waals surface area contributed by atoms with Gasteiger partial charge in [0.1, 0.15) is 6.04 Å². The Balaban J connectivity index is 2.37. The molecule has 2 aromatic carbocycles. The van der Waals surface area contributed by atoms with Crippen LogP contribution >= 0.6 is 11.8 Å². The van der Waals surface area contributed by atoms with Crippen LogP contribution in [-0.4, -0.2) is 46.5 Å². The van der Waals surface area contributed by atoms with Crippen molar-refractivity contribution in [3.8, 4) is 0 Å². The van der Waals surface area contributed by atoms with Crippen LogP contribution in [0.5, 0.6) is 0 Å². The third kappa shape index (κ3) is 4.27. The maximum Gasteiger partial charge on any atom is 0.326 e. The number of rotatable bonds is 8. The number of carboxylic acid groups (broad SMARTS) is 1. The van der Waals surface area contributed by atoms with E-state index in [1.807, 2.05) is 48.7 Å². The molecule has 6 heteroatoms. The number of nitrogens with zero attached hydrogens (tertiary/aromatic N) is 1. The summed E-state index contributed by atoms with van der Waals surface area (Å²) in [6.07, 6.45) is 2.31. The Morgan fingerprint density at radius 2 is 1.92 bits per heavy atom. The molecule has 0 aliphatic carbocycles. The summed E-state index contributed by atoms with van der Waals surface area (Å²) in [5, 5.41) is 11.6. The zero-order chi connectivity index (χ0) is 17.5. The Kier molecular flexibility index (Phi) is 6.63. The second-order valence-electron chi connectivity index (χ2n) is 5.50. The second-order valence-corrected chi connectivity index (χ2v) is 6.49. The second kappa shape index (κ2) is 8.70. The van der Waals surface area contributed by atoms with Crippen LogP contribution in [0.2, 0.25) is 0 Å². The fraction of sp³-hybridized carbons (Fsp3) is 0.333. The van der Waals surface area contributed by atoms with Gasteiger partial charge in [-0.3, -0.25) is 4.79 Å². The quantitative estimate of drug-likeness (QED) is 0.766. The monoisotopic (exact) mass is 346 g/mol. The van der Waals surface area contributed by atoms with E-state index in [1.54, 1.807) is 11.8 Å². The van der Waals surface area contributed by atoms with Crippen molar-refractivity contribution < 1.29 is 14.7 Å². The first kappa shape index (κ1) is 18.3. The topological polar surface area (TPSA) is 83.6 Å². The molecule has 0 radical (unpaired) electrons. The zero-order valence-corrected chi connectivity index (χ0v) is 14.5. The van der Waals surface area contributed by atoms with Gasteiger partial charge in [-0.1, -0.05) is 42.5 Å². The van der Waals surface area contributed by atoms with Crippen molar-refractivity contribution in [3.63, 3.8) is 0 Å².